The van der Waals surface area contributed by atoms with Gasteiger partial charge in [-0.05, 0) is 42.0 Å². The van der Waals surface area contributed by atoms with Crippen molar-refractivity contribution >= 4 is 23.7 Å². The van der Waals surface area contributed by atoms with Crippen LogP contribution in [0.1, 0.15) is 5.56 Å². The number of methoxy groups -OCH3 is 1. The molecule has 26 heavy (non-hydrogen) atoms. The lowest BCUT2D eigenvalue weighted by atomic mass is 10.2. The summed E-state index contributed by atoms with van der Waals surface area (Å²) in [6.07, 6.45) is 3.05. The van der Waals surface area contributed by atoms with Gasteiger partial charge in [0.1, 0.15) is 18.1 Å². The highest BCUT2D eigenvalue weighted by molar-refractivity contribution is 6.39. The van der Waals surface area contributed by atoms with Crippen LogP contribution in [0.25, 0.3) is 0 Å². The summed E-state index contributed by atoms with van der Waals surface area (Å²) in [4.78, 5) is 23.6. The SMILES string of the molecule is C=CCOc1ccc(NC(=O)C(=O)N/N=C\c2cccc(OC)c2)cc1. The van der Waals surface area contributed by atoms with E-state index in [4.69, 9.17) is 9.47 Å². The van der Waals surface area contributed by atoms with Gasteiger partial charge in [-0.1, -0.05) is 24.8 Å². The highest BCUT2D eigenvalue weighted by Gasteiger charge is 2.12. The topological polar surface area (TPSA) is 89.0 Å². The van der Waals surface area contributed by atoms with Crippen LogP contribution in [0.15, 0.2) is 66.3 Å². The van der Waals surface area contributed by atoms with E-state index in [0.717, 1.165) is 5.56 Å². The van der Waals surface area contributed by atoms with Crippen LogP contribution in [-0.2, 0) is 9.59 Å². The Hall–Kier alpha value is -3.61. The first-order valence-corrected chi connectivity index (χ1v) is 7.74. The minimum atomic E-state index is -0.879. The Balaban J connectivity index is 1.85. The molecule has 0 aliphatic carbocycles. The highest BCUT2D eigenvalue weighted by Crippen LogP contribution is 2.15. The van der Waals surface area contributed by atoms with Gasteiger partial charge in [0, 0.05) is 5.69 Å². The molecule has 2 amide bonds. The number of hydrogen-bond donors (Lipinski definition) is 2. The lowest BCUT2D eigenvalue weighted by Crippen LogP contribution is -2.32. The molecule has 0 radical (unpaired) electrons. The first-order valence-electron chi connectivity index (χ1n) is 7.74. The number of amides is 2. The van der Waals surface area contributed by atoms with E-state index in [2.05, 4.69) is 22.4 Å². The first kappa shape index (κ1) is 18.7. The maximum Gasteiger partial charge on any atom is 0.329 e. The predicted molar refractivity (Wildman–Crippen MR) is 99.5 cm³/mol. The average molecular weight is 353 g/mol. The van der Waals surface area contributed by atoms with Gasteiger partial charge in [-0.25, -0.2) is 5.43 Å². The summed E-state index contributed by atoms with van der Waals surface area (Å²) >= 11 is 0. The molecule has 0 spiro atoms. The first-order chi connectivity index (χ1) is 12.6. The van der Waals surface area contributed by atoms with Gasteiger partial charge in [0.15, 0.2) is 0 Å². The number of hydrazone groups is 1. The molecule has 0 heterocycles. The highest BCUT2D eigenvalue weighted by atomic mass is 16.5. The molecular formula is C19H19N3O4. The normalized spacial score (nSPS) is 10.2. The Morgan fingerprint density at radius 3 is 2.58 bits per heavy atom. The fourth-order valence-electron chi connectivity index (χ4n) is 1.92. The van der Waals surface area contributed by atoms with Crippen LogP contribution in [0.2, 0.25) is 0 Å². The van der Waals surface area contributed by atoms with Gasteiger partial charge in [-0.2, -0.15) is 5.10 Å². The Bertz CT molecular complexity index is 801. The summed E-state index contributed by atoms with van der Waals surface area (Å²) in [6, 6.07) is 13.7. The van der Waals surface area contributed by atoms with Crippen LogP contribution in [0.4, 0.5) is 5.69 Å². The summed E-state index contributed by atoms with van der Waals surface area (Å²) in [5.74, 6) is -0.405. The van der Waals surface area contributed by atoms with Gasteiger partial charge in [-0.15, -0.1) is 0 Å². The van der Waals surface area contributed by atoms with E-state index in [1.807, 2.05) is 0 Å². The predicted octanol–water partition coefficient (Wildman–Crippen LogP) is 2.35. The van der Waals surface area contributed by atoms with Crippen molar-refractivity contribution < 1.29 is 19.1 Å². The largest absolute Gasteiger partial charge is 0.497 e. The van der Waals surface area contributed by atoms with Gasteiger partial charge in [0.2, 0.25) is 0 Å². The van der Waals surface area contributed by atoms with Crippen molar-refractivity contribution in [2.75, 3.05) is 19.0 Å². The lowest BCUT2D eigenvalue weighted by Gasteiger charge is -2.06. The minimum absolute atomic E-state index is 0.388. The second-order valence-corrected chi connectivity index (χ2v) is 5.05. The summed E-state index contributed by atoms with van der Waals surface area (Å²) in [7, 11) is 1.56. The van der Waals surface area contributed by atoms with Crippen molar-refractivity contribution in [2.45, 2.75) is 0 Å². The molecule has 2 N–H and O–H groups in total. The van der Waals surface area contributed by atoms with Crippen molar-refractivity contribution in [3.8, 4) is 11.5 Å². The van der Waals surface area contributed by atoms with Gasteiger partial charge >= 0.3 is 11.8 Å². The van der Waals surface area contributed by atoms with Crippen LogP contribution < -0.4 is 20.2 Å². The molecular weight excluding hydrogens is 334 g/mol. The molecule has 0 aliphatic rings. The number of benzene rings is 2. The Labute approximate surface area is 151 Å². The van der Waals surface area contributed by atoms with Crippen molar-refractivity contribution in [1.82, 2.24) is 5.43 Å². The fourth-order valence-corrected chi connectivity index (χ4v) is 1.92. The maximum atomic E-state index is 11.9. The number of nitrogens with zero attached hydrogens (tertiary/aromatic N) is 1. The maximum absolute atomic E-state index is 11.9. The van der Waals surface area contributed by atoms with Gasteiger partial charge in [0.25, 0.3) is 0 Å². The molecule has 2 aromatic rings. The second-order valence-electron chi connectivity index (χ2n) is 5.05. The zero-order chi connectivity index (χ0) is 18.8. The van der Waals surface area contributed by atoms with Crippen molar-refractivity contribution in [3.05, 3.63) is 66.7 Å². The molecule has 0 saturated heterocycles. The van der Waals surface area contributed by atoms with Crippen LogP contribution in [0.5, 0.6) is 11.5 Å². The van der Waals surface area contributed by atoms with E-state index in [0.29, 0.717) is 23.8 Å². The molecule has 7 nitrogen and oxygen atoms in total. The molecule has 7 heteroatoms. The van der Waals surface area contributed by atoms with E-state index < -0.39 is 11.8 Å². The zero-order valence-electron chi connectivity index (χ0n) is 14.3. The monoisotopic (exact) mass is 353 g/mol. The number of anilines is 1. The number of nitrogens with one attached hydrogen (secondary N) is 2. The molecule has 0 atom stereocenters. The van der Waals surface area contributed by atoms with E-state index in [1.165, 1.54) is 6.21 Å². The van der Waals surface area contributed by atoms with Gasteiger partial charge < -0.3 is 14.8 Å². The third-order valence-electron chi connectivity index (χ3n) is 3.16. The molecule has 0 unspecified atom stereocenters. The average Bonchev–Trinajstić information content (AvgIpc) is 2.67. The Morgan fingerprint density at radius 2 is 1.88 bits per heavy atom. The fraction of sp³-hybridized carbons (Fsp3) is 0.105. The molecule has 134 valence electrons. The van der Waals surface area contributed by atoms with Crippen LogP contribution in [-0.4, -0.2) is 31.7 Å². The molecule has 0 bridgehead atoms. The lowest BCUT2D eigenvalue weighted by molar-refractivity contribution is -0.136. The molecule has 2 aromatic carbocycles. The van der Waals surface area contributed by atoms with Crippen molar-refractivity contribution in [2.24, 2.45) is 5.10 Å². The summed E-state index contributed by atoms with van der Waals surface area (Å²) in [5, 5.41) is 6.23. The molecule has 0 aliphatic heterocycles. The molecule has 0 saturated carbocycles. The number of ether oxygens (including phenoxy) is 2. The number of rotatable bonds is 7. The van der Waals surface area contributed by atoms with Gasteiger partial charge in [-0.3, -0.25) is 9.59 Å². The second kappa shape index (κ2) is 9.63. The zero-order valence-corrected chi connectivity index (χ0v) is 14.3. The Morgan fingerprint density at radius 1 is 1.12 bits per heavy atom. The summed E-state index contributed by atoms with van der Waals surface area (Å²) < 4.78 is 10.4. The van der Waals surface area contributed by atoms with Crippen molar-refractivity contribution in [3.63, 3.8) is 0 Å². The van der Waals surface area contributed by atoms with E-state index in [-0.39, 0.29) is 0 Å². The third-order valence-corrected chi connectivity index (χ3v) is 3.16. The summed E-state index contributed by atoms with van der Waals surface area (Å²) in [5.41, 5.74) is 3.36. The van der Waals surface area contributed by atoms with Crippen LogP contribution >= 0.6 is 0 Å². The number of carbonyl (C=O) groups excluding carboxylic acids is 2. The third kappa shape index (κ3) is 5.79. The smallest absolute Gasteiger partial charge is 0.329 e. The van der Waals surface area contributed by atoms with Crippen molar-refractivity contribution in [1.29, 1.82) is 0 Å². The minimum Gasteiger partial charge on any atom is -0.497 e. The van der Waals surface area contributed by atoms with E-state index >= 15 is 0 Å². The standard InChI is InChI=1S/C19H19N3O4/c1-3-11-26-16-9-7-15(8-10-16)21-18(23)19(24)22-20-13-14-5-4-6-17(12-14)25-2/h3-10,12-13H,1,11H2,2H3,(H,21,23)(H,22,24)/b20-13-. The number of carbonyl (C=O) groups is 2. The molecule has 0 aromatic heterocycles. The van der Waals surface area contributed by atoms with Crippen LogP contribution in [0, 0.1) is 0 Å². The van der Waals surface area contributed by atoms with Crippen LogP contribution in [0.3, 0.4) is 0 Å². The number of hydrogen-bond acceptors (Lipinski definition) is 5. The van der Waals surface area contributed by atoms with E-state index in [9.17, 15) is 9.59 Å². The Kier molecular flexibility index (Phi) is 6.93. The quantitative estimate of drug-likeness (QED) is 0.346. The molecule has 2 rings (SSSR count). The molecule has 0 fully saturated rings. The van der Waals surface area contributed by atoms with E-state index in [1.54, 1.807) is 61.7 Å². The van der Waals surface area contributed by atoms with Gasteiger partial charge in [0.05, 0.1) is 13.3 Å². The summed E-state index contributed by atoms with van der Waals surface area (Å²) in [6.45, 7) is 3.95.